The summed E-state index contributed by atoms with van der Waals surface area (Å²) in [5.74, 6) is 0. The Bertz CT molecular complexity index is 116. The van der Waals surface area contributed by atoms with Crippen molar-refractivity contribution in [3.05, 3.63) is 0 Å². The summed E-state index contributed by atoms with van der Waals surface area (Å²) >= 11 is 0. The summed E-state index contributed by atoms with van der Waals surface area (Å²) in [7, 11) is 0. The zero-order valence-electron chi connectivity index (χ0n) is 7.33. The van der Waals surface area contributed by atoms with E-state index < -0.39 is 18.5 Å². The molecule has 0 radical (unpaired) electrons. The van der Waals surface area contributed by atoms with Crippen LogP contribution >= 0.6 is 0 Å². The predicted molar refractivity (Wildman–Crippen MR) is 26.7 cm³/mol. The molecule has 0 aliphatic heterocycles. The monoisotopic (exact) mass is 262 g/mol. The van der Waals surface area contributed by atoms with E-state index in [9.17, 15) is 0 Å². The van der Waals surface area contributed by atoms with Gasteiger partial charge < -0.3 is 35.4 Å². The van der Waals surface area contributed by atoms with Crippen LogP contribution in [0.25, 0.3) is 0 Å². The Morgan fingerprint density at radius 2 is 0.714 bits per heavy atom. The SMILES string of the molecule is O=C(O)O.O=C(O)O.O=C([O-])[O-].[K+].[K+]. The molecule has 4 N–H and O–H groups in total. The van der Waals surface area contributed by atoms with E-state index >= 15 is 0 Å². The van der Waals surface area contributed by atoms with Crippen molar-refractivity contribution < 1.29 is 148 Å². The van der Waals surface area contributed by atoms with E-state index in [-0.39, 0.29) is 103 Å². The Morgan fingerprint density at radius 1 is 0.714 bits per heavy atom. The quantitative estimate of drug-likeness (QED) is 0.308. The van der Waals surface area contributed by atoms with E-state index in [1.165, 1.54) is 0 Å². The molecule has 0 spiro atoms. The summed E-state index contributed by atoms with van der Waals surface area (Å²) in [6, 6.07) is 0. The summed E-state index contributed by atoms with van der Waals surface area (Å²) in [6.45, 7) is 0. The van der Waals surface area contributed by atoms with Gasteiger partial charge in [-0.2, -0.15) is 0 Å². The molecule has 11 heteroatoms. The molecule has 0 fully saturated rings. The Kier molecular flexibility index (Phi) is 49.8. The first kappa shape index (κ1) is 29.4. The number of hydrogen-bond acceptors (Lipinski definition) is 5. The first-order valence-corrected chi connectivity index (χ1v) is 1.92. The molecule has 0 saturated heterocycles. The predicted octanol–water partition coefficient (Wildman–Crippen LogP) is -7.99. The van der Waals surface area contributed by atoms with Crippen molar-refractivity contribution in [1.82, 2.24) is 0 Å². The molecule has 72 valence electrons. The molecule has 0 atom stereocenters. The molecule has 9 nitrogen and oxygen atoms in total. The van der Waals surface area contributed by atoms with Gasteiger partial charge in [-0.1, -0.05) is 0 Å². The average molecular weight is 262 g/mol. The van der Waals surface area contributed by atoms with Crippen molar-refractivity contribution in [3.8, 4) is 0 Å². The van der Waals surface area contributed by atoms with E-state index in [2.05, 4.69) is 0 Å². The van der Waals surface area contributed by atoms with E-state index in [1.54, 1.807) is 0 Å². The van der Waals surface area contributed by atoms with E-state index in [1.807, 2.05) is 0 Å². The fourth-order valence-corrected chi connectivity index (χ4v) is 0. The molecule has 0 aromatic rings. The van der Waals surface area contributed by atoms with E-state index in [4.69, 9.17) is 45.0 Å². The van der Waals surface area contributed by atoms with Crippen LogP contribution in [0.4, 0.5) is 14.4 Å². The van der Waals surface area contributed by atoms with Gasteiger partial charge in [-0.3, -0.25) is 0 Å². The Labute approximate surface area is 163 Å². The molecular formula is C3H4K2O9. The van der Waals surface area contributed by atoms with Gasteiger partial charge in [-0.15, -0.1) is 0 Å². The number of carbonyl (C=O) groups is 3. The molecule has 0 aliphatic carbocycles. The topological polar surface area (TPSA) is 178 Å². The minimum absolute atomic E-state index is 0. The zero-order chi connectivity index (χ0) is 10.7. The summed E-state index contributed by atoms with van der Waals surface area (Å²) in [4.78, 5) is 25.4. The molecule has 0 aliphatic rings. The van der Waals surface area contributed by atoms with Gasteiger partial charge in [0.05, 0.1) is 0 Å². The van der Waals surface area contributed by atoms with Gasteiger partial charge in [0.2, 0.25) is 0 Å². The molecule has 0 saturated carbocycles. The molecule has 0 heterocycles. The fourth-order valence-electron chi connectivity index (χ4n) is 0. The van der Waals surface area contributed by atoms with Gasteiger partial charge >= 0.3 is 115 Å². The van der Waals surface area contributed by atoms with Gasteiger partial charge in [-0.05, 0) is 6.16 Å². The molecule has 14 heavy (non-hydrogen) atoms. The number of rotatable bonds is 0. The third-order valence-corrected chi connectivity index (χ3v) is 0. The van der Waals surface area contributed by atoms with Crippen LogP contribution in [0.2, 0.25) is 0 Å². The smallest absolute Gasteiger partial charge is 0.652 e. The van der Waals surface area contributed by atoms with Crippen LogP contribution < -0.4 is 113 Å². The van der Waals surface area contributed by atoms with Crippen LogP contribution in [0.5, 0.6) is 0 Å². The first-order valence-electron chi connectivity index (χ1n) is 1.92. The maximum Gasteiger partial charge on any atom is 1.00 e. The van der Waals surface area contributed by atoms with Gasteiger partial charge in [-0.25, -0.2) is 9.59 Å². The molecule has 0 amide bonds. The minimum Gasteiger partial charge on any atom is -0.652 e. The Hall–Kier alpha value is 1.08. The maximum absolute atomic E-state index is 8.56. The molecule has 0 rings (SSSR count). The first-order chi connectivity index (χ1) is 5.20. The molecule has 0 bridgehead atoms. The van der Waals surface area contributed by atoms with Crippen molar-refractivity contribution in [2.45, 2.75) is 0 Å². The summed E-state index contributed by atoms with van der Waals surface area (Å²) < 4.78 is 0. The van der Waals surface area contributed by atoms with Gasteiger partial charge in [0.1, 0.15) is 0 Å². The summed E-state index contributed by atoms with van der Waals surface area (Å²) in [5.41, 5.74) is 0. The largest absolute Gasteiger partial charge is 1.00 e. The molecular weight excluding hydrogens is 258 g/mol. The second-order valence-corrected chi connectivity index (χ2v) is 0.815. The third-order valence-electron chi connectivity index (χ3n) is 0. The van der Waals surface area contributed by atoms with Crippen molar-refractivity contribution in [3.63, 3.8) is 0 Å². The Balaban J connectivity index is -0.0000000270. The number of carbonyl (C=O) groups excluding carboxylic acids is 1. The Morgan fingerprint density at radius 3 is 0.714 bits per heavy atom. The maximum atomic E-state index is 8.56. The standard InChI is InChI=1S/3CH2O3.2K/c3*2-1(3)4;;/h3*(H2,2,3,4);;/q;;;2*+1/p-2. The van der Waals surface area contributed by atoms with Crippen LogP contribution in [-0.2, 0) is 0 Å². The second-order valence-electron chi connectivity index (χ2n) is 0.815. The average Bonchev–Trinajstić information content (AvgIpc) is 1.54. The third kappa shape index (κ3) is 1630. The van der Waals surface area contributed by atoms with Crippen molar-refractivity contribution in [1.29, 1.82) is 0 Å². The zero-order valence-corrected chi connectivity index (χ0v) is 13.6. The second kappa shape index (κ2) is 23.7. The molecule has 0 unspecified atom stereocenters. The molecule has 0 aromatic heterocycles. The summed E-state index contributed by atoms with van der Waals surface area (Å²) in [6.07, 6.45) is -6.00. The number of hydrogen-bond donors (Lipinski definition) is 4. The van der Waals surface area contributed by atoms with Crippen molar-refractivity contribution >= 4 is 18.5 Å². The van der Waals surface area contributed by atoms with Crippen molar-refractivity contribution in [2.24, 2.45) is 0 Å². The van der Waals surface area contributed by atoms with Crippen LogP contribution in [0, 0.1) is 0 Å². The van der Waals surface area contributed by atoms with E-state index in [0.29, 0.717) is 0 Å². The minimum atomic E-state index is -2.33. The van der Waals surface area contributed by atoms with Crippen LogP contribution in [0.3, 0.4) is 0 Å². The van der Waals surface area contributed by atoms with Gasteiger partial charge in [0.25, 0.3) is 0 Å². The van der Waals surface area contributed by atoms with Crippen LogP contribution in [0.1, 0.15) is 0 Å². The normalized spacial score (nSPS) is 5.14. The van der Waals surface area contributed by atoms with E-state index in [0.717, 1.165) is 0 Å². The van der Waals surface area contributed by atoms with Crippen LogP contribution in [0.15, 0.2) is 0 Å². The van der Waals surface area contributed by atoms with Crippen molar-refractivity contribution in [2.75, 3.05) is 0 Å². The number of carboxylic acid groups (broad SMARTS) is 6. The fraction of sp³-hybridized carbons (Fsp3) is 0. The van der Waals surface area contributed by atoms with Crippen LogP contribution in [-0.4, -0.2) is 38.9 Å². The van der Waals surface area contributed by atoms with Gasteiger partial charge in [0, 0.05) is 0 Å². The van der Waals surface area contributed by atoms with Gasteiger partial charge in [0.15, 0.2) is 0 Å². The summed E-state index contributed by atoms with van der Waals surface area (Å²) in [5, 5.41) is 44.6. The molecule has 0 aromatic carbocycles.